The highest BCUT2D eigenvalue weighted by Gasteiger charge is 2.21. The van der Waals surface area contributed by atoms with Gasteiger partial charge in [0.1, 0.15) is 6.54 Å². The van der Waals surface area contributed by atoms with E-state index in [2.05, 4.69) is 19.2 Å². The summed E-state index contributed by atoms with van der Waals surface area (Å²) in [6.45, 7) is 6.71. The first-order valence-corrected chi connectivity index (χ1v) is 9.41. The van der Waals surface area contributed by atoms with Gasteiger partial charge in [0.25, 0.3) is 0 Å². The molecule has 1 amide bonds. The van der Waals surface area contributed by atoms with Gasteiger partial charge in [0.05, 0.1) is 17.1 Å². The summed E-state index contributed by atoms with van der Waals surface area (Å²) in [6, 6.07) is 11.6. The second kappa shape index (κ2) is 7.27. The second-order valence-corrected chi connectivity index (χ2v) is 7.39. The van der Waals surface area contributed by atoms with E-state index in [0.29, 0.717) is 6.54 Å². The number of carbonyl (C=O) groups excluding carboxylic acids is 1. The van der Waals surface area contributed by atoms with Crippen LogP contribution in [0.2, 0.25) is 0 Å². The van der Waals surface area contributed by atoms with Gasteiger partial charge in [-0.05, 0) is 36.4 Å². The number of amides is 1. The number of imidazole rings is 1. The molecule has 5 nitrogen and oxygen atoms in total. The van der Waals surface area contributed by atoms with Crippen molar-refractivity contribution in [3.05, 3.63) is 57.1 Å². The summed E-state index contributed by atoms with van der Waals surface area (Å²) >= 11 is 1.63. The van der Waals surface area contributed by atoms with Crippen LogP contribution in [0.25, 0.3) is 11.0 Å². The van der Waals surface area contributed by atoms with Crippen LogP contribution in [0.5, 0.6) is 0 Å². The van der Waals surface area contributed by atoms with E-state index >= 15 is 0 Å². The Kier molecular flexibility index (Phi) is 5.08. The molecule has 0 aliphatic carbocycles. The van der Waals surface area contributed by atoms with Gasteiger partial charge in [-0.1, -0.05) is 32.0 Å². The van der Waals surface area contributed by atoms with E-state index in [4.69, 9.17) is 0 Å². The predicted octanol–water partition coefficient (Wildman–Crippen LogP) is 3.40. The molecular weight excluding hydrogens is 334 g/mol. The Labute approximate surface area is 150 Å². The van der Waals surface area contributed by atoms with Gasteiger partial charge >= 0.3 is 5.69 Å². The third-order valence-electron chi connectivity index (χ3n) is 4.38. The normalized spacial score (nSPS) is 12.6. The number of rotatable bonds is 6. The van der Waals surface area contributed by atoms with Crippen LogP contribution < -0.4 is 11.0 Å². The summed E-state index contributed by atoms with van der Waals surface area (Å²) in [6.07, 6.45) is 0. The number of hydrogen-bond acceptors (Lipinski definition) is 3. The standard InChI is InChI=1S/C19H23N3O2S/c1-4-21-14-8-5-6-9-15(14)22(19(21)24)12-17(23)20-18(13(2)3)16-10-7-11-25-16/h5-11,13,18H,4,12H2,1-3H3,(H,20,23). The van der Waals surface area contributed by atoms with Gasteiger partial charge in [-0.2, -0.15) is 0 Å². The van der Waals surface area contributed by atoms with E-state index in [1.165, 1.54) is 0 Å². The molecule has 0 aliphatic rings. The van der Waals surface area contributed by atoms with Gasteiger partial charge in [0.2, 0.25) is 5.91 Å². The van der Waals surface area contributed by atoms with Crippen LogP contribution in [0.4, 0.5) is 0 Å². The van der Waals surface area contributed by atoms with Crippen molar-refractivity contribution in [1.29, 1.82) is 0 Å². The fraction of sp³-hybridized carbons (Fsp3) is 0.368. The Balaban J connectivity index is 1.87. The number of aromatic nitrogens is 2. The highest BCUT2D eigenvalue weighted by atomic mass is 32.1. The Morgan fingerprint density at radius 1 is 1.12 bits per heavy atom. The molecule has 0 saturated heterocycles. The van der Waals surface area contributed by atoms with Crippen molar-refractivity contribution >= 4 is 28.3 Å². The number of nitrogens with one attached hydrogen (secondary N) is 1. The first-order chi connectivity index (χ1) is 12.0. The molecule has 0 fully saturated rings. The minimum Gasteiger partial charge on any atom is -0.347 e. The molecule has 0 radical (unpaired) electrons. The molecule has 3 rings (SSSR count). The van der Waals surface area contributed by atoms with Crippen molar-refractivity contribution in [2.75, 3.05) is 0 Å². The SMILES string of the molecule is CCn1c(=O)n(CC(=O)NC(c2cccs2)C(C)C)c2ccccc21. The fourth-order valence-electron chi connectivity index (χ4n) is 3.13. The maximum atomic E-state index is 12.7. The van der Waals surface area contributed by atoms with Crippen molar-refractivity contribution in [2.24, 2.45) is 5.92 Å². The number of thiophene rings is 1. The number of carbonyl (C=O) groups is 1. The number of nitrogens with zero attached hydrogens (tertiary/aromatic N) is 2. The molecule has 1 atom stereocenters. The van der Waals surface area contributed by atoms with Gasteiger partial charge in [-0.3, -0.25) is 13.9 Å². The van der Waals surface area contributed by atoms with Gasteiger partial charge in [0.15, 0.2) is 0 Å². The molecule has 1 unspecified atom stereocenters. The Hall–Kier alpha value is -2.34. The van der Waals surface area contributed by atoms with Crippen molar-refractivity contribution in [1.82, 2.24) is 14.5 Å². The van der Waals surface area contributed by atoms with Crippen LogP contribution in [-0.2, 0) is 17.9 Å². The minimum atomic E-state index is -0.145. The maximum Gasteiger partial charge on any atom is 0.329 e. The highest BCUT2D eigenvalue weighted by Crippen LogP contribution is 2.25. The molecular formula is C19H23N3O2S. The molecule has 6 heteroatoms. The Bertz CT molecular complexity index is 922. The molecule has 2 aromatic heterocycles. The van der Waals surface area contributed by atoms with Crippen LogP contribution >= 0.6 is 11.3 Å². The Morgan fingerprint density at radius 3 is 2.36 bits per heavy atom. The smallest absolute Gasteiger partial charge is 0.329 e. The van der Waals surface area contributed by atoms with Crippen molar-refractivity contribution in [3.8, 4) is 0 Å². The lowest BCUT2D eigenvalue weighted by Crippen LogP contribution is -2.36. The number of fused-ring (bicyclic) bond motifs is 1. The zero-order valence-corrected chi connectivity index (χ0v) is 15.5. The van der Waals surface area contributed by atoms with Crippen molar-refractivity contribution in [2.45, 2.75) is 39.9 Å². The van der Waals surface area contributed by atoms with Crippen molar-refractivity contribution in [3.63, 3.8) is 0 Å². The topological polar surface area (TPSA) is 56.0 Å². The first-order valence-electron chi connectivity index (χ1n) is 8.53. The number of aryl methyl sites for hydroxylation is 1. The lowest BCUT2D eigenvalue weighted by molar-refractivity contribution is -0.122. The summed E-state index contributed by atoms with van der Waals surface area (Å²) in [4.78, 5) is 26.4. The maximum absolute atomic E-state index is 12.7. The fourth-order valence-corrected chi connectivity index (χ4v) is 4.08. The van der Waals surface area contributed by atoms with Crippen LogP contribution in [0.1, 0.15) is 31.7 Å². The molecule has 3 aromatic rings. The van der Waals surface area contributed by atoms with Gasteiger partial charge in [0, 0.05) is 11.4 Å². The lowest BCUT2D eigenvalue weighted by atomic mass is 10.0. The monoisotopic (exact) mass is 357 g/mol. The molecule has 132 valence electrons. The summed E-state index contributed by atoms with van der Waals surface area (Å²) < 4.78 is 3.25. The highest BCUT2D eigenvalue weighted by molar-refractivity contribution is 7.10. The van der Waals surface area contributed by atoms with E-state index in [9.17, 15) is 9.59 Å². The minimum absolute atomic E-state index is 0.0287. The van der Waals surface area contributed by atoms with E-state index in [1.54, 1.807) is 20.5 Å². The summed E-state index contributed by atoms with van der Waals surface area (Å²) in [5, 5.41) is 5.10. The summed E-state index contributed by atoms with van der Waals surface area (Å²) in [7, 11) is 0. The van der Waals surface area contributed by atoms with E-state index in [-0.39, 0.29) is 30.1 Å². The molecule has 2 heterocycles. The van der Waals surface area contributed by atoms with Gasteiger partial charge < -0.3 is 5.32 Å². The second-order valence-electron chi connectivity index (χ2n) is 6.41. The third-order valence-corrected chi connectivity index (χ3v) is 5.33. The largest absolute Gasteiger partial charge is 0.347 e. The summed E-state index contributed by atoms with van der Waals surface area (Å²) in [5.74, 6) is 0.129. The van der Waals surface area contributed by atoms with E-state index in [0.717, 1.165) is 15.9 Å². The molecule has 0 bridgehead atoms. The average molecular weight is 357 g/mol. The lowest BCUT2D eigenvalue weighted by Gasteiger charge is -2.21. The van der Waals surface area contributed by atoms with Gasteiger partial charge in [-0.15, -0.1) is 11.3 Å². The zero-order chi connectivity index (χ0) is 18.0. The molecule has 1 aromatic carbocycles. The predicted molar refractivity (Wildman–Crippen MR) is 102 cm³/mol. The number of para-hydroxylation sites is 2. The van der Waals surface area contributed by atoms with Crippen LogP contribution in [0.15, 0.2) is 46.6 Å². The van der Waals surface area contributed by atoms with Crippen molar-refractivity contribution < 1.29 is 4.79 Å². The zero-order valence-electron chi connectivity index (χ0n) is 14.7. The third kappa shape index (κ3) is 3.39. The average Bonchev–Trinajstić information content (AvgIpc) is 3.20. The molecule has 1 N–H and O–H groups in total. The Morgan fingerprint density at radius 2 is 1.80 bits per heavy atom. The van der Waals surface area contributed by atoms with Gasteiger partial charge in [-0.25, -0.2) is 4.79 Å². The molecule has 25 heavy (non-hydrogen) atoms. The van der Waals surface area contributed by atoms with Crippen LogP contribution in [0.3, 0.4) is 0 Å². The quantitative estimate of drug-likeness (QED) is 0.735. The molecule has 0 spiro atoms. The summed E-state index contributed by atoms with van der Waals surface area (Å²) in [5.41, 5.74) is 1.51. The molecule has 0 aliphatic heterocycles. The van der Waals surface area contributed by atoms with Crippen LogP contribution in [-0.4, -0.2) is 15.0 Å². The first kappa shape index (κ1) is 17.5. The van der Waals surface area contributed by atoms with Crippen LogP contribution in [0, 0.1) is 5.92 Å². The van der Waals surface area contributed by atoms with E-state index < -0.39 is 0 Å². The number of benzene rings is 1. The number of hydrogen-bond donors (Lipinski definition) is 1. The van der Waals surface area contributed by atoms with E-state index in [1.807, 2.05) is 48.7 Å². The molecule has 0 saturated carbocycles.